The molecule has 2 aromatic carbocycles. The number of aryl methyl sites for hydroxylation is 1. The number of anilines is 3. The Bertz CT molecular complexity index is 2230. The van der Waals surface area contributed by atoms with E-state index in [1.807, 2.05) is 0 Å². The molecule has 2 fully saturated rings. The van der Waals surface area contributed by atoms with Crippen LogP contribution in [0.5, 0.6) is 17.5 Å². The summed E-state index contributed by atoms with van der Waals surface area (Å²) in [5.41, 5.74) is 3.51. The molecule has 5 heterocycles. The number of methoxy groups -OCH3 is 1. The molecule has 2 aliphatic heterocycles. The number of hydrogen-bond acceptors (Lipinski definition) is 14. The number of rotatable bonds is 10. The number of aromatic nitrogens is 7. The van der Waals surface area contributed by atoms with Crippen LogP contribution in [0.2, 0.25) is 10.0 Å². The Morgan fingerprint density at radius 2 is 1.54 bits per heavy atom. The number of hydrazone groups is 1. The van der Waals surface area contributed by atoms with Crippen molar-refractivity contribution in [1.29, 1.82) is 0 Å². The van der Waals surface area contributed by atoms with Crippen LogP contribution in [-0.2, 0) is 30.1 Å². The van der Waals surface area contributed by atoms with E-state index in [1.54, 1.807) is 47.2 Å². The van der Waals surface area contributed by atoms with E-state index < -0.39 is 11.2 Å². The second-order valence-corrected chi connectivity index (χ2v) is 12.8. The number of nitrogens with one attached hydrogen (secondary N) is 1. The molecule has 2 aliphatic rings. The lowest BCUT2D eigenvalue weighted by Crippen LogP contribution is -2.40. The molecule has 0 spiro atoms. The van der Waals surface area contributed by atoms with Gasteiger partial charge in [0.2, 0.25) is 17.8 Å². The van der Waals surface area contributed by atoms with Gasteiger partial charge in [0.25, 0.3) is 5.56 Å². The van der Waals surface area contributed by atoms with Gasteiger partial charge in [0.1, 0.15) is 0 Å². The molecule has 0 aliphatic carbocycles. The molecular formula is C33H35Cl2N11O6. The van der Waals surface area contributed by atoms with Crippen molar-refractivity contribution in [2.45, 2.75) is 6.54 Å². The van der Waals surface area contributed by atoms with E-state index in [1.165, 1.54) is 25.8 Å². The van der Waals surface area contributed by atoms with Gasteiger partial charge >= 0.3 is 11.7 Å². The predicted octanol–water partition coefficient (Wildman–Crippen LogP) is 2.89. The maximum Gasteiger partial charge on any atom is 0.332 e. The first-order valence-electron chi connectivity index (χ1n) is 16.4. The standard InChI is InChI=1S/C33H35Cl2N11O6/c1-42-27-26(28(47)43(2)33(42)48)46(19-21-5-6-22(34)17-23(21)35)32(37-27)52-24-7-4-20(16-25(24)49-3)18-36-41-29-38-30(44-8-12-50-13-9-44)40-31(39-29)45-10-14-51-15-11-45/h4-7,16-18H,8-15,19H2,1-3H3,(H,38,39,40,41)/b36-18-. The molecule has 19 heteroatoms. The Kier molecular flexibility index (Phi) is 10.3. The second-order valence-electron chi connectivity index (χ2n) is 11.9. The van der Waals surface area contributed by atoms with E-state index >= 15 is 0 Å². The molecule has 0 unspecified atom stereocenters. The maximum atomic E-state index is 13.4. The van der Waals surface area contributed by atoms with Gasteiger partial charge in [-0.1, -0.05) is 29.3 Å². The van der Waals surface area contributed by atoms with Crippen LogP contribution in [0.15, 0.2) is 51.1 Å². The minimum absolute atomic E-state index is 0.0441. The fourth-order valence-corrected chi connectivity index (χ4v) is 6.26. The zero-order chi connectivity index (χ0) is 36.4. The molecule has 0 amide bonds. The minimum Gasteiger partial charge on any atom is -0.493 e. The van der Waals surface area contributed by atoms with Crippen LogP contribution in [0.4, 0.5) is 17.8 Å². The molecule has 52 heavy (non-hydrogen) atoms. The molecule has 2 saturated heterocycles. The number of halogens is 2. The number of imidazole rings is 1. The average molecular weight is 753 g/mol. The van der Waals surface area contributed by atoms with Gasteiger partial charge in [-0.25, -0.2) is 10.2 Å². The summed E-state index contributed by atoms with van der Waals surface area (Å²) in [6.07, 6.45) is 1.59. The molecule has 5 aromatic rings. The van der Waals surface area contributed by atoms with E-state index in [9.17, 15) is 9.59 Å². The summed E-state index contributed by atoms with van der Waals surface area (Å²) in [6.45, 7) is 5.15. The van der Waals surface area contributed by atoms with Crippen LogP contribution < -0.4 is 35.9 Å². The molecule has 1 N–H and O–H groups in total. The van der Waals surface area contributed by atoms with E-state index in [0.29, 0.717) is 103 Å². The summed E-state index contributed by atoms with van der Waals surface area (Å²) >= 11 is 12.6. The van der Waals surface area contributed by atoms with Crippen molar-refractivity contribution < 1.29 is 18.9 Å². The van der Waals surface area contributed by atoms with Gasteiger partial charge in [-0.3, -0.25) is 18.5 Å². The van der Waals surface area contributed by atoms with Crippen LogP contribution in [0, 0.1) is 0 Å². The topological polar surface area (TPSA) is 168 Å². The number of morpholine rings is 2. The average Bonchev–Trinajstić information content (AvgIpc) is 3.52. The van der Waals surface area contributed by atoms with E-state index in [-0.39, 0.29) is 23.7 Å². The quantitative estimate of drug-likeness (QED) is 0.164. The summed E-state index contributed by atoms with van der Waals surface area (Å²) in [7, 11) is 4.44. The third-order valence-corrected chi connectivity index (χ3v) is 9.21. The fraction of sp³-hybridized carbons (Fsp3) is 0.364. The van der Waals surface area contributed by atoms with Gasteiger partial charge in [0, 0.05) is 50.3 Å². The number of fused-ring (bicyclic) bond motifs is 1. The normalized spacial score (nSPS) is 15.1. The van der Waals surface area contributed by atoms with Gasteiger partial charge < -0.3 is 28.7 Å². The highest BCUT2D eigenvalue weighted by atomic mass is 35.5. The van der Waals surface area contributed by atoms with Crippen molar-refractivity contribution >= 4 is 58.4 Å². The number of nitrogens with zero attached hydrogens (tertiary/aromatic N) is 10. The monoisotopic (exact) mass is 751 g/mol. The van der Waals surface area contributed by atoms with Crippen molar-refractivity contribution in [3.63, 3.8) is 0 Å². The van der Waals surface area contributed by atoms with Crippen molar-refractivity contribution in [2.24, 2.45) is 19.2 Å². The van der Waals surface area contributed by atoms with Crippen LogP contribution in [0.25, 0.3) is 11.2 Å². The summed E-state index contributed by atoms with van der Waals surface area (Å²) in [4.78, 5) is 48.8. The molecule has 17 nitrogen and oxygen atoms in total. The van der Waals surface area contributed by atoms with E-state index in [2.05, 4.69) is 35.3 Å². The molecule has 7 rings (SSSR count). The summed E-state index contributed by atoms with van der Waals surface area (Å²) in [6, 6.07) is 10.3. The first kappa shape index (κ1) is 35.2. The molecule has 0 radical (unpaired) electrons. The molecule has 272 valence electrons. The van der Waals surface area contributed by atoms with Crippen molar-refractivity contribution in [2.75, 3.05) is 74.9 Å². The molecule has 0 atom stereocenters. The first-order chi connectivity index (χ1) is 25.2. The number of benzene rings is 2. The zero-order valence-corrected chi connectivity index (χ0v) is 30.1. The van der Waals surface area contributed by atoms with Gasteiger partial charge in [-0.15, -0.1) is 0 Å². The molecular weight excluding hydrogens is 717 g/mol. The Hall–Kier alpha value is -5.23. The van der Waals surface area contributed by atoms with Crippen LogP contribution >= 0.6 is 23.2 Å². The third kappa shape index (κ3) is 7.25. The third-order valence-electron chi connectivity index (χ3n) is 8.62. The van der Waals surface area contributed by atoms with E-state index in [0.717, 1.165) is 4.57 Å². The Balaban J connectivity index is 1.17. The molecule has 3 aromatic heterocycles. The van der Waals surface area contributed by atoms with Crippen LogP contribution in [-0.4, -0.2) is 99.6 Å². The predicted molar refractivity (Wildman–Crippen MR) is 196 cm³/mol. The SMILES string of the molecule is COc1cc(/C=N\Nc2nc(N3CCOCC3)nc(N3CCOCC3)n2)ccc1Oc1nc2c(c(=O)n(C)c(=O)n2C)n1Cc1ccc(Cl)cc1Cl. The Labute approximate surface area is 306 Å². The van der Waals surface area contributed by atoms with Crippen molar-refractivity contribution in [3.8, 4) is 17.5 Å². The largest absolute Gasteiger partial charge is 0.493 e. The Morgan fingerprint density at radius 1 is 0.865 bits per heavy atom. The smallest absolute Gasteiger partial charge is 0.332 e. The zero-order valence-electron chi connectivity index (χ0n) is 28.6. The summed E-state index contributed by atoms with van der Waals surface area (Å²) in [5.74, 6) is 2.04. The van der Waals surface area contributed by atoms with Gasteiger partial charge in [-0.05, 0) is 41.5 Å². The lowest BCUT2D eigenvalue weighted by Gasteiger charge is -2.30. The van der Waals surface area contributed by atoms with Crippen LogP contribution in [0.1, 0.15) is 11.1 Å². The number of hydrogen-bond donors (Lipinski definition) is 1. The number of ether oxygens (including phenoxy) is 4. The van der Waals surface area contributed by atoms with Crippen molar-refractivity contribution in [3.05, 3.63) is 78.4 Å². The molecule has 0 saturated carbocycles. The first-order valence-corrected chi connectivity index (χ1v) is 17.1. The Morgan fingerprint density at radius 3 is 2.17 bits per heavy atom. The highest BCUT2D eigenvalue weighted by Crippen LogP contribution is 2.34. The summed E-state index contributed by atoms with van der Waals surface area (Å²) < 4.78 is 26.8. The second kappa shape index (κ2) is 15.2. The van der Waals surface area contributed by atoms with Crippen molar-refractivity contribution in [1.82, 2.24) is 33.6 Å². The molecule has 0 bridgehead atoms. The van der Waals surface area contributed by atoms with E-state index in [4.69, 9.17) is 47.1 Å². The maximum absolute atomic E-state index is 13.4. The van der Waals surface area contributed by atoms with Gasteiger partial charge in [0.15, 0.2) is 22.7 Å². The lowest BCUT2D eigenvalue weighted by molar-refractivity contribution is 0.121. The highest BCUT2D eigenvalue weighted by Gasteiger charge is 2.24. The summed E-state index contributed by atoms with van der Waals surface area (Å²) in [5, 5.41) is 5.25. The minimum atomic E-state index is -0.538. The highest BCUT2D eigenvalue weighted by molar-refractivity contribution is 6.35. The van der Waals surface area contributed by atoms with Gasteiger partial charge in [0.05, 0.1) is 46.3 Å². The fourth-order valence-electron chi connectivity index (χ4n) is 5.80. The van der Waals surface area contributed by atoms with Gasteiger partial charge in [-0.2, -0.15) is 25.0 Å². The van der Waals surface area contributed by atoms with Crippen LogP contribution in [0.3, 0.4) is 0 Å². The lowest BCUT2D eigenvalue weighted by atomic mass is 10.2.